The maximum Gasteiger partial charge on any atom is 0.224 e. The Kier molecular flexibility index (Phi) is 5.25. The molecule has 0 aromatic heterocycles. The molecule has 2 rings (SSSR count). The van der Waals surface area contributed by atoms with E-state index >= 15 is 0 Å². The average Bonchev–Trinajstić information content (AvgIpc) is 2.51. The summed E-state index contributed by atoms with van der Waals surface area (Å²) < 4.78 is 5.12. The molecule has 2 aromatic carbocycles. The number of methoxy groups -OCH3 is 1. The molecule has 116 valence electrons. The standard InChI is InChI=1S/C17H19NO4/c1-22-14-4-2-3-13(9-14)11-17(21)18-8-7-12-5-6-15(19)16(20)10-12/h2-6,9-10,19-20H,7-8,11H2,1H3,(H,18,21). The predicted octanol–water partition coefficient (Wildman–Crippen LogP) is 2.01. The van der Waals surface area contributed by atoms with Crippen molar-refractivity contribution in [2.24, 2.45) is 0 Å². The fourth-order valence-corrected chi connectivity index (χ4v) is 2.10. The highest BCUT2D eigenvalue weighted by Crippen LogP contribution is 2.24. The van der Waals surface area contributed by atoms with E-state index in [1.165, 1.54) is 12.1 Å². The van der Waals surface area contributed by atoms with Crippen molar-refractivity contribution in [2.75, 3.05) is 13.7 Å². The van der Waals surface area contributed by atoms with Gasteiger partial charge in [-0.25, -0.2) is 0 Å². The van der Waals surface area contributed by atoms with E-state index in [-0.39, 0.29) is 23.8 Å². The number of nitrogens with one attached hydrogen (secondary N) is 1. The number of ether oxygens (including phenoxy) is 1. The molecule has 0 atom stereocenters. The number of hydrogen-bond acceptors (Lipinski definition) is 4. The third kappa shape index (κ3) is 4.41. The van der Waals surface area contributed by atoms with Crippen molar-refractivity contribution >= 4 is 5.91 Å². The molecule has 5 nitrogen and oxygen atoms in total. The zero-order chi connectivity index (χ0) is 15.9. The highest BCUT2D eigenvalue weighted by molar-refractivity contribution is 5.78. The molecule has 5 heteroatoms. The molecule has 2 aromatic rings. The van der Waals surface area contributed by atoms with Crippen LogP contribution in [0.2, 0.25) is 0 Å². The van der Waals surface area contributed by atoms with E-state index in [0.717, 1.165) is 16.9 Å². The van der Waals surface area contributed by atoms with Gasteiger partial charge in [0, 0.05) is 6.54 Å². The van der Waals surface area contributed by atoms with Crippen LogP contribution in [0.3, 0.4) is 0 Å². The molecule has 0 fully saturated rings. The minimum Gasteiger partial charge on any atom is -0.504 e. The Morgan fingerprint density at radius 3 is 2.64 bits per heavy atom. The smallest absolute Gasteiger partial charge is 0.224 e. The van der Waals surface area contributed by atoms with Crippen molar-refractivity contribution in [1.82, 2.24) is 5.32 Å². The number of phenols is 2. The van der Waals surface area contributed by atoms with Crippen LogP contribution < -0.4 is 10.1 Å². The summed E-state index contributed by atoms with van der Waals surface area (Å²) in [5.41, 5.74) is 1.73. The molecule has 0 heterocycles. The molecule has 0 bridgehead atoms. The highest BCUT2D eigenvalue weighted by atomic mass is 16.5. The van der Waals surface area contributed by atoms with Gasteiger partial charge in [-0.15, -0.1) is 0 Å². The summed E-state index contributed by atoms with van der Waals surface area (Å²) in [6.07, 6.45) is 0.871. The SMILES string of the molecule is COc1cccc(CC(=O)NCCc2ccc(O)c(O)c2)c1. The highest BCUT2D eigenvalue weighted by Gasteiger charge is 2.05. The van der Waals surface area contributed by atoms with Gasteiger partial charge < -0.3 is 20.3 Å². The van der Waals surface area contributed by atoms with E-state index in [2.05, 4.69) is 5.32 Å². The minimum absolute atomic E-state index is 0.0729. The van der Waals surface area contributed by atoms with Gasteiger partial charge in [0.25, 0.3) is 0 Å². The molecule has 0 aliphatic carbocycles. The summed E-state index contributed by atoms with van der Waals surface area (Å²) >= 11 is 0. The number of carbonyl (C=O) groups is 1. The molecule has 0 saturated carbocycles. The van der Waals surface area contributed by atoms with Crippen molar-refractivity contribution in [3.8, 4) is 17.2 Å². The molecule has 0 radical (unpaired) electrons. The van der Waals surface area contributed by atoms with Crippen molar-refractivity contribution in [3.05, 3.63) is 53.6 Å². The van der Waals surface area contributed by atoms with Gasteiger partial charge in [-0.2, -0.15) is 0 Å². The summed E-state index contributed by atoms with van der Waals surface area (Å²) in [6.45, 7) is 0.465. The molecule has 3 N–H and O–H groups in total. The first kappa shape index (κ1) is 15.7. The fourth-order valence-electron chi connectivity index (χ4n) is 2.10. The first-order chi connectivity index (χ1) is 10.6. The molecular weight excluding hydrogens is 282 g/mol. The first-order valence-corrected chi connectivity index (χ1v) is 6.99. The Labute approximate surface area is 129 Å². The van der Waals surface area contributed by atoms with Crippen LogP contribution in [0.1, 0.15) is 11.1 Å². The van der Waals surface area contributed by atoms with E-state index in [0.29, 0.717) is 13.0 Å². The summed E-state index contributed by atoms with van der Waals surface area (Å²) in [6, 6.07) is 12.0. The lowest BCUT2D eigenvalue weighted by Crippen LogP contribution is -2.27. The third-order valence-electron chi connectivity index (χ3n) is 3.27. The maximum absolute atomic E-state index is 11.9. The normalized spacial score (nSPS) is 10.2. The maximum atomic E-state index is 11.9. The van der Waals surface area contributed by atoms with Crippen molar-refractivity contribution < 1.29 is 19.7 Å². The first-order valence-electron chi connectivity index (χ1n) is 6.99. The summed E-state index contributed by atoms with van der Waals surface area (Å²) in [5.74, 6) is 0.354. The van der Waals surface area contributed by atoms with Crippen LogP contribution in [-0.4, -0.2) is 29.8 Å². The third-order valence-corrected chi connectivity index (χ3v) is 3.27. The Balaban J connectivity index is 1.81. The van der Waals surface area contributed by atoms with E-state index < -0.39 is 0 Å². The Bertz CT molecular complexity index is 655. The lowest BCUT2D eigenvalue weighted by atomic mass is 10.1. The molecule has 0 aliphatic heterocycles. The molecule has 0 unspecified atom stereocenters. The number of rotatable bonds is 6. The Morgan fingerprint density at radius 2 is 1.91 bits per heavy atom. The largest absolute Gasteiger partial charge is 0.504 e. The fraction of sp³-hybridized carbons (Fsp3) is 0.235. The van der Waals surface area contributed by atoms with E-state index in [1.807, 2.05) is 24.3 Å². The van der Waals surface area contributed by atoms with Gasteiger partial charge in [0.1, 0.15) is 5.75 Å². The number of amides is 1. The van der Waals surface area contributed by atoms with Crippen molar-refractivity contribution in [3.63, 3.8) is 0 Å². The number of hydrogen-bond donors (Lipinski definition) is 3. The second kappa shape index (κ2) is 7.36. The predicted molar refractivity (Wildman–Crippen MR) is 83.2 cm³/mol. The molecule has 0 spiro atoms. The number of aromatic hydroxyl groups is 2. The average molecular weight is 301 g/mol. The molecular formula is C17H19NO4. The van der Waals surface area contributed by atoms with Gasteiger partial charge in [0.2, 0.25) is 5.91 Å². The van der Waals surface area contributed by atoms with Gasteiger partial charge in [-0.1, -0.05) is 18.2 Å². The van der Waals surface area contributed by atoms with Crippen LogP contribution in [0.4, 0.5) is 0 Å². The van der Waals surface area contributed by atoms with Crippen LogP contribution in [0.15, 0.2) is 42.5 Å². The van der Waals surface area contributed by atoms with Crippen LogP contribution in [0, 0.1) is 0 Å². The zero-order valence-corrected chi connectivity index (χ0v) is 12.4. The molecule has 1 amide bonds. The van der Waals surface area contributed by atoms with E-state index in [4.69, 9.17) is 4.74 Å². The molecule has 0 aliphatic rings. The monoisotopic (exact) mass is 301 g/mol. The lowest BCUT2D eigenvalue weighted by molar-refractivity contribution is -0.120. The topological polar surface area (TPSA) is 78.8 Å². The van der Waals surface area contributed by atoms with Gasteiger partial charge >= 0.3 is 0 Å². The van der Waals surface area contributed by atoms with E-state index in [9.17, 15) is 15.0 Å². The summed E-state index contributed by atoms with van der Waals surface area (Å²) in [7, 11) is 1.59. The van der Waals surface area contributed by atoms with Crippen molar-refractivity contribution in [1.29, 1.82) is 0 Å². The molecule has 0 saturated heterocycles. The van der Waals surface area contributed by atoms with Gasteiger partial charge in [-0.05, 0) is 41.8 Å². The Morgan fingerprint density at radius 1 is 1.09 bits per heavy atom. The second-order valence-electron chi connectivity index (χ2n) is 4.95. The quantitative estimate of drug-likeness (QED) is 0.713. The summed E-state index contributed by atoms with van der Waals surface area (Å²) in [4.78, 5) is 11.9. The number of benzene rings is 2. The lowest BCUT2D eigenvalue weighted by Gasteiger charge is -2.07. The molecule has 22 heavy (non-hydrogen) atoms. The van der Waals surface area contributed by atoms with Gasteiger partial charge in [-0.3, -0.25) is 4.79 Å². The van der Waals surface area contributed by atoms with Crippen LogP contribution in [-0.2, 0) is 17.6 Å². The number of carbonyl (C=O) groups excluding carboxylic acids is 1. The van der Waals surface area contributed by atoms with Gasteiger partial charge in [0.05, 0.1) is 13.5 Å². The zero-order valence-electron chi connectivity index (χ0n) is 12.4. The van der Waals surface area contributed by atoms with Crippen LogP contribution >= 0.6 is 0 Å². The second-order valence-corrected chi connectivity index (χ2v) is 4.95. The van der Waals surface area contributed by atoms with Gasteiger partial charge in [0.15, 0.2) is 11.5 Å². The van der Waals surface area contributed by atoms with Crippen molar-refractivity contribution in [2.45, 2.75) is 12.8 Å². The number of phenolic OH excluding ortho intramolecular Hbond substituents is 2. The Hall–Kier alpha value is -2.69. The van der Waals surface area contributed by atoms with Crippen LogP contribution in [0.25, 0.3) is 0 Å². The minimum atomic E-state index is -0.153. The van der Waals surface area contributed by atoms with E-state index in [1.54, 1.807) is 13.2 Å². The summed E-state index contributed by atoms with van der Waals surface area (Å²) in [5, 5.41) is 21.5. The van der Waals surface area contributed by atoms with Crippen LogP contribution in [0.5, 0.6) is 17.2 Å².